The molecule has 5 nitrogen and oxygen atoms in total. The molecule has 0 aliphatic heterocycles. The van der Waals surface area contributed by atoms with E-state index in [1.54, 1.807) is 26.1 Å². The van der Waals surface area contributed by atoms with Gasteiger partial charge in [0.05, 0.1) is 6.61 Å². The summed E-state index contributed by atoms with van der Waals surface area (Å²) in [4.78, 5) is 11.9. The van der Waals surface area contributed by atoms with E-state index in [1.165, 1.54) is 6.07 Å². The summed E-state index contributed by atoms with van der Waals surface area (Å²) in [6.07, 6.45) is 0.812. The molecule has 23 heavy (non-hydrogen) atoms. The standard InChI is InChI=1S/C16H24F2N2O3/c1-4-7-22-13-6-5-12(14(8-13)23-16(17)18)10-20-15(21)11(2)9-19-3/h5-6,8,11,16,19H,4,7,9-10H2,1-3H3,(H,20,21). The van der Waals surface area contributed by atoms with Crippen molar-refractivity contribution in [3.8, 4) is 11.5 Å². The molecule has 0 bridgehead atoms. The highest BCUT2D eigenvalue weighted by Gasteiger charge is 2.15. The Balaban J connectivity index is 2.77. The summed E-state index contributed by atoms with van der Waals surface area (Å²) in [6, 6.07) is 4.71. The molecule has 0 saturated carbocycles. The molecule has 0 aliphatic rings. The van der Waals surface area contributed by atoms with Crippen molar-refractivity contribution >= 4 is 5.91 Å². The summed E-state index contributed by atoms with van der Waals surface area (Å²) in [7, 11) is 1.76. The Bertz CT molecular complexity index is 498. The summed E-state index contributed by atoms with van der Waals surface area (Å²) >= 11 is 0. The lowest BCUT2D eigenvalue weighted by molar-refractivity contribution is -0.124. The third-order valence-electron chi connectivity index (χ3n) is 3.14. The minimum Gasteiger partial charge on any atom is -0.493 e. The maximum absolute atomic E-state index is 12.6. The van der Waals surface area contributed by atoms with Gasteiger partial charge in [-0.3, -0.25) is 4.79 Å². The van der Waals surface area contributed by atoms with Crippen molar-refractivity contribution in [1.29, 1.82) is 0 Å². The average molecular weight is 330 g/mol. The Morgan fingerprint density at radius 1 is 1.35 bits per heavy atom. The summed E-state index contributed by atoms with van der Waals surface area (Å²) < 4.78 is 35.0. The minimum atomic E-state index is -2.94. The molecule has 0 radical (unpaired) electrons. The SMILES string of the molecule is CCCOc1ccc(CNC(=O)C(C)CNC)c(OC(F)F)c1. The van der Waals surface area contributed by atoms with Crippen LogP contribution in [0.1, 0.15) is 25.8 Å². The number of halogens is 2. The number of carbonyl (C=O) groups excluding carboxylic acids is 1. The van der Waals surface area contributed by atoms with Gasteiger partial charge in [-0.15, -0.1) is 0 Å². The first-order valence-corrected chi connectivity index (χ1v) is 7.60. The van der Waals surface area contributed by atoms with Crippen molar-refractivity contribution in [2.75, 3.05) is 20.2 Å². The second kappa shape index (κ2) is 9.99. The lowest BCUT2D eigenvalue weighted by Crippen LogP contribution is -2.34. The van der Waals surface area contributed by atoms with E-state index < -0.39 is 6.61 Å². The second-order valence-corrected chi connectivity index (χ2v) is 5.17. The Kier molecular flexibility index (Phi) is 8.32. The van der Waals surface area contributed by atoms with Gasteiger partial charge >= 0.3 is 6.61 Å². The van der Waals surface area contributed by atoms with Gasteiger partial charge in [-0.25, -0.2) is 0 Å². The fraction of sp³-hybridized carbons (Fsp3) is 0.562. The number of ether oxygens (including phenoxy) is 2. The van der Waals surface area contributed by atoms with Crippen LogP contribution >= 0.6 is 0 Å². The molecular weight excluding hydrogens is 306 g/mol. The lowest BCUT2D eigenvalue weighted by atomic mass is 10.1. The van der Waals surface area contributed by atoms with Crippen LogP contribution in [0.2, 0.25) is 0 Å². The number of nitrogens with one attached hydrogen (secondary N) is 2. The quantitative estimate of drug-likeness (QED) is 0.692. The number of hydrogen-bond acceptors (Lipinski definition) is 4. The third-order valence-corrected chi connectivity index (χ3v) is 3.14. The number of carbonyl (C=O) groups is 1. The van der Waals surface area contributed by atoms with E-state index in [0.717, 1.165) is 6.42 Å². The van der Waals surface area contributed by atoms with Gasteiger partial charge < -0.3 is 20.1 Å². The van der Waals surface area contributed by atoms with Gasteiger partial charge in [-0.2, -0.15) is 8.78 Å². The number of hydrogen-bond donors (Lipinski definition) is 2. The van der Waals surface area contributed by atoms with Crippen LogP contribution in [0.4, 0.5) is 8.78 Å². The van der Waals surface area contributed by atoms with Crippen molar-refractivity contribution in [1.82, 2.24) is 10.6 Å². The summed E-state index contributed by atoms with van der Waals surface area (Å²) in [6.45, 7) is 1.94. The maximum Gasteiger partial charge on any atom is 0.387 e. The van der Waals surface area contributed by atoms with Crippen LogP contribution < -0.4 is 20.1 Å². The smallest absolute Gasteiger partial charge is 0.387 e. The van der Waals surface area contributed by atoms with Crippen molar-refractivity contribution < 1.29 is 23.0 Å². The first-order chi connectivity index (χ1) is 11.0. The Labute approximate surface area is 135 Å². The molecule has 130 valence electrons. The fourth-order valence-electron chi connectivity index (χ4n) is 1.95. The Morgan fingerprint density at radius 3 is 2.70 bits per heavy atom. The van der Waals surface area contributed by atoms with E-state index in [2.05, 4.69) is 15.4 Å². The zero-order valence-corrected chi connectivity index (χ0v) is 13.7. The molecule has 0 spiro atoms. The monoisotopic (exact) mass is 330 g/mol. The van der Waals surface area contributed by atoms with Gasteiger partial charge in [-0.05, 0) is 25.6 Å². The highest BCUT2D eigenvalue weighted by Crippen LogP contribution is 2.26. The fourth-order valence-corrected chi connectivity index (χ4v) is 1.95. The van der Waals surface area contributed by atoms with Crippen molar-refractivity contribution in [3.63, 3.8) is 0 Å². The summed E-state index contributed by atoms with van der Waals surface area (Å²) in [5, 5.41) is 5.62. The zero-order chi connectivity index (χ0) is 17.2. The van der Waals surface area contributed by atoms with Gasteiger partial charge in [0.15, 0.2) is 0 Å². The third kappa shape index (κ3) is 6.81. The molecule has 1 rings (SSSR count). The predicted molar refractivity (Wildman–Crippen MR) is 83.8 cm³/mol. The van der Waals surface area contributed by atoms with Crippen molar-refractivity contribution in [2.45, 2.75) is 33.4 Å². The molecule has 1 amide bonds. The first-order valence-electron chi connectivity index (χ1n) is 7.60. The van der Waals surface area contributed by atoms with Crippen LogP contribution in [0.15, 0.2) is 18.2 Å². The van der Waals surface area contributed by atoms with Gasteiger partial charge in [0.2, 0.25) is 5.91 Å². The van der Waals surface area contributed by atoms with Gasteiger partial charge in [0.25, 0.3) is 0 Å². The molecule has 0 heterocycles. The number of alkyl halides is 2. The van der Waals surface area contributed by atoms with Crippen molar-refractivity contribution in [3.05, 3.63) is 23.8 Å². The summed E-state index contributed by atoms with van der Waals surface area (Å²) in [5.74, 6) is 0.0941. The lowest BCUT2D eigenvalue weighted by Gasteiger charge is -2.15. The van der Waals surface area contributed by atoms with Crippen LogP contribution in [0.5, 0.6) is 11.5 Å². The maximum atomic E-state index is 12.6. The average Bonchev–Trinajstić information content (AvgIpc) is 2.51. The molecular formula is C16H24F2N2O3. The number of rotatable bonds is 10. The molecule has 1 atom stereocenters. The molecule has 0 aliphatic carbocycles. The molecule has 1 unspecified atom stereocenters. The van der Waals surface area contributed by atoms with Gasteiger partial charge in [0.1, 0.15) is 11.5 Å². The molecule has 1 aromatic carbocycles. The molecule has 0 saturated heterocycles. The first kappa shape index (κ1) is 19.2. The van der Waals surface area contributed by atoms with E-state index in [0.29, 0.717) is 24.5 Å². The van der Waals surface area contributed by atoms with E-state index in [-0.39, 0.29) is 24.1 Å². The Morgan fingerprint density at radius 2 is 2.09 bits per heavy atom. The molecule has 0 fully saturated rings. The highest BCUT2D eigenvalue weighted by molar-refractivity contribution is 5.78. The van der Waals surface area contributed by atoms with E-state index in [4.69, 9.17) is 4.74 Å². The largest absolute Gasteiger partial charge is 0.493 e. The normalized spacial score (nSPS) is 12.1. The molecule has 7 heteroatoms. The van der Waals surface area contributed by atoms with Gasteiger partial charge in [-0.1, -0.05) is 13.8 Å². The van der Waals surface area contributed by atoms with Crippen LogP contribution in [0, 0.1) is 5.92 Å². The van der Waals surface area contributed by atoms with E-state index >= 15 is 0 Å². The van der Waals surface area contributed by atoms with Crippen LogP contribution in [0.25, 0.3) is 0 Å². The van der Waals surface area contributed by atoms with Crippen LogP contribution in [-0.4, -0.2) is 32.7 Å². The van der Waals surface area contributed by atoms with E-state index in [9.17, 15) is 13.6 Å². The van der Waals surface area contributed by atoms with Crippen LogP contribution in [0.3, 0.4) is 0 Å². The second-order valence-electron chi connectivity index (χ2n) is 5.17. The number of amides is 1. The number of benzene rings is 1. The highest BCUT2D eigenvalue weighted by atomic mass is 19.3. The van der Waals surface area contributed by atoms with Crippen molar-refractivity contribution in [2.24, 2.45) is 5.92 Å². The molecule has 1 aromatic rings. The Hall–Kier alpha value is -1.89. The summed E-state index contributed by atoms with van der Waals surface area (Å²) in [5.41, 5.74) is 0.471. The van der Waals surface area contributed by atoms with E-state index in [1.807, 2.05) is 6.92 Å². The molecule has 0 aromatic heterocycles. The van der Waals surface area contributed by atoms with Gasteiger partial charge in [0, 0.05) is 30.6 Å². The predicted octanol–water partition coefficient (Wildman–Crippen LogP) is 2.55. The minimum absolute atomic E-state index is 0.00942. The zero-order valence-electron chi connectivity index (χ0n) is 13.7. The molecule has 2 N–H and O–H groups in total. The topological polar surface area (TPSA) is 59.6 Å². The van der Waals surface area contributed by atoms with Crippen LogP contribution in [-0.2, 0) is 11.3 Å².